The summed E-state index contributed by atoms with van der Waals surface area (Å²) in [5, 5.41) is 11.8. The number of nitrogens with one attached hydrogen (secondary N) is 1. The number of nitrogens with zero attached hydrogens (tertiary/aromatic N) is 1. The normalized spacial score (nSPS) is 21.4. The van der Waals surface area contributed by atoms with Crippen LogP contribution in [0.3, 0.4) is 0 Å². The van der Waals surface area contributed by atoms with Gasteiger partial charge in [-0.05, 0) is 12.8 Å². The minimum Gasteiger partial charge on any atom is -0.381 e. The molecule has 0 radical (unpaired) electrons. The highest BCUT2D eigenvalue weighted by molar-refractivity contribution is 5.76. The molecule has 0 aromatic heterocycles. The van der Waals surface area contributed by atoms with Gasteiger partial charge < -0.3 is 10.1 Å². The third-order valence-electron chi connectivity index (χ3n) is 2.90. The molecule has 1 heterocycles. The third-order valence-corrected chi connectivity index (χ3v) is 2.90. The van der Waals surface area contributed by atoms with Crippen molar-refractivity contribution < 1.29 is 9.53 Å². The van der Waals surface area contributed by atoms with E-state index in [1.165, 1.54) is 0 Å². The van der Waals surface area contributed by atoms with Crippen molar-refractivity contribution in [1.29, 1.82) is 5.26 Å². The molecule has 0 aromatic carbocycles. The lowest BCUT2D eigenvalue weighted by Crippen LogP contribution is -2.39. The second kappa shape index (κ2) is 7.24. The standard InChI is InChI=1S/C12H20N2O2/c1-2-3-4-5-12(15)14-11(8-13)10-6-7-16-9-10/h10-11H,2-7,9H2,1H3,(H,14,15). The number of carbonyl (C=O) groups excluding carboxylic acids is 1. The Morgan fingerprint density at radius 3 is 3.00 bits per heavy atom. The van der Waals surface area contributed by atoms with Crippen molar-refractivity contribution in [3.63, 3.8) is 0 Å². The number of nitriles is 1. The SMILES string of the molecule is CCCCCC(=O)NC(C#N)C1CCOC1. The zero-order chi connectivity index (χ0) is 11.8. The molecule has 2 atom stereocenters. The second-order valence-electron chi connectivity index (χ2n) is 4.26. The summed E-state index contributed by atoms with van der Waals surface area (Å²) in [7, 11) is 0. The van der Waals surface area contributed by atoms with E-state index in [-0.39, 0.29) is 17.9 Å². The first-order valence-corrected chi connectivity index (χ1v) is 6.04. The fourth-order valence-electron chi connectivity index (χ4n) is 1.85. The summed E-state index contributed by atoms with van der Waals surface area (Å²) in [5.41, 5.74) is 0. The molecule has 4 heteroatoms. The Hall–Kier alpha value is -1.08. The highest BCUT2D eigenvalue weighted by Crippen LogP contribution is 2.16. The third kappa shape index (κ3) is 4.19. The Labute approximate surface area is 97.0 Å². The molecule has 1 fully saturated rings. The molecule has 1 amide bonds. The van der Waals surface area contributed by atoms with Crippen LogP contribution in [0, 0.1) is 17.2 Å². The maximum Gasteiger partial charge on any atom is 0.221 e. The van der Waals surface area contributed by atoms with Gasteiger partial charge in [-0.2, -0.15) is 5.26 Å². The molecule has 1 saturated heterocycles. The van der Waals surface area contributed by atoms with Gasteiger partial charge in [0.25, 0.3) is 0 Å². The zero-order valence-corrected chi connectivity index (χ0v) is 9.87. The second-order valence-corrected chi connectivity index (χ2v) is 4.26. The van der Waals surface area contributed by atoms with Gasteiger partial charge in [0, 0.05) is 18.9 Å². The average molecular weight is 224 g/mol. The van der Waals surface area contributed by atoms with E-state index in [4.69, 9.17) is 10.00 Å². The number of unbranched alkanes of at least 4 members (excludes halogenated alkanes) is 2. The van der Waals surface area contributed by atoms with E-state index in [9.17, 15) is 4.79 Å². The van der Waals surface area contributed by atoms with E-state index in [1.807, 2.05) is 0 Å². The van der Waals surface area contributed by atoms with E-state index in [0.717, 1.165) is 25.7 Å². The lowest BCUT2D eigenvalue weighted by atomic mass is 10.00. The zero-order valence-electron chi connectivity index (χ0n) is 9.87. The summed E-state index contributed by atoms with van der Waals surface area (Å²) in [6.07, 6.45) is 4.47. The van der Waals surface area contributed by atoms with Gasteiger partial charge in [0.15, 0.2) is 0 Å². The largest absolute Gasteiger partial charge is 0.381 e. The van der Waals surface area contributed by atoms with Gasteiger partial charge >= 0.3 is 0 Å². The van der Waals surface area contributed by atoms with Crippen LogP contribution in [0.1, 0.15) is 39.0 Å². The Morgan fingerprint density at radius 2 is 2.44 bits per heavy atom. The van der Waals surface area contributed by atoms with Crippen molar-refractivity contribution in [1.82, 2.24) is 5.32 Å². The number of rotatable bonds is 6. The minimum absolute atomic E-state index is 0.00750. The molecule has 1 aliphatic heterocycles. The first kappa shape index (κ1) is 13.0. The van der Waals surface area contributed by atoms with Crippen molar-refractivity contribution in [3.8, 4) is 6.07 Å². The van der Waals surface area contributed by atoms with Crippen LogP contribution in [0.4, 0.5) is 0 Å². The van der Waals surface area contributed by atoms with Crippen LogP contribution in [-0.4, -0.2) is 25.2 Å². The van der Waals surface area contributed by atoms with Crippen molar-refractivity contribution in [2.75, 3.05) is 13.2 Å². The van der Waals surface area contributed by atoms with Crippen LogP contribution in [0.15, 0.2) is 0 Å². The van der Waals surface area contributed by atoms with Gasteiger partial charge in [-0.1, -0.05) is 19.8 Å². The van der Waals surface area contributed by atoms with Crippen LogP contribution < -0.4 is 5.32 Å². The van der Waals surface area contributed by atoms with E-state index in [1.54, 1.807) is 0 Å². The predicted octanol–water partition coefficient (Wildman–Crippen LogP) is 1.61. The van der Waals surface area contributed by atoms with Crippen LogP contribution in [-0.2, 0) is 9.53 Å². The quantitative estimate of drug-likeness (QED) is 0.697. The number of hydrogen-bond donors (Lipinski definition) is 1. The molecule has 0 saturated carbocycles. The van der Waals surface area contributed by atoms with Gasteiger partial charge in [-0.25, -0.2) is 0 Å². The van der Waals surface area contributed by atoms with Gasteiger partial charge in [-0.15, -0.1) is 0 Å². The van der Waals surface area contributed by atoms with Gasteiger partial charge in [-0.3, -0.25) is 4.79 Å². The molecule has 0 aromatic rings. The van der Waals surface area contributed by atoms with E-state index >= 15 is 0 Å². The van der Waals surface area contributed by atoms with Crippen molar-refractivity contribution in [2.24, 2.45) is 5.92 Å². The topological polar surface area (TPSA) is 62.1 Å². The number of ether oxygens (including phenoxy) is 1. The first-order chi connectivity index (χ1) is 7.77. The van der Waals surface area contributed by atoms with Crippen LogP contribution >= 0.6 is 0 Å². The molecule has 1 N–H and O–H groups in total. The Morgan fingerprint density at radius 1 is 1.62 bits per heavy atom. The molecular formula is C12H20N2O2. The molecule has 90 valence electrons. The number of carbonyl (C=O) groups is 1. The van der Waals surface area contributed by atoms with Crippen LogP contribution in [0.5, 0.6) is 0 Å². The molecule has 4 nitrogen and oxygen atoms in total. The van der Waals surface area contributed by atoms with Gasteiger partial charge in [0.1, 0.15) is 6.04 Å². The van der Waals surface area contributed by atoms with Crippen LogP contribution in [0.25, 0.3) is 0 Å². The molecule has 0 aliphatic carbocycles. The lowest BCUT2D eigenvalue weighted by Gasteiger charge is -2.16. The lowest BCUT2D eigenvalue weighted by molar-refractivity contribution is -0.121. The Kier molecular flexibility index (Phi) is 5.87. The van der Waals surface area contributed by atoms with Crippen molar-refractivity contribution in [2.45, 2.75) is 45.1 Å². The molecular weight excluding hydrogens is 204 g/mol. The number of amides is 1. The fraction of sp³-hybridized carbons (Fsp3) is 0.833. The maximum atomic E-state index is 11.5. The summed E-state index contributed by atoms with van der Waals surface area (Å²) in [4.78, 5) is 11.5. The van der Waals surface area contributed by atoms with Crippen molar-refractivity contribution in [3.05, 3.63) is 0 Å². The molecule has 0 bridgehead atoms. The maximum absolute atomic E-state index is 11.5. The fourth-order valence-corrected chi connectivity index (χ4v) is 1.85. The van der Waals surface area contributed by atoms with E-state index < -0.39 is 0 Å². The summed E-state index contributed by atoms with van der Waals surface area (Å²) < 4.78 is 5.22. The molecule has 1 rings (SSSR count). The highest BCUT2D eigenvalue weighted by atomic mass is 16.5. The Bertz CT molecular complexity index is 254. The highest BCUT2D eigenvalue weighted by Gasteiger charge is 2.26. The summed E-state index contributed by atoms with van der Waals surface area (Å²) in [6, 6.07) is 1.78. The molecule has 2 unspecified atom stereocenters. The van der Waals surface area contributed by atoms with Gasteiger partial charge in [0.05, 0.1) is 12.7 Å². The van der Waals surface area contributed by atoms with Gasteiger partial charge in [0.2, 0.25) is 5.91 Å². The first-order valence-electron chi connectivity index (χ1n) is 6.04. The number of hydrogen-bond acceptors (Lipinski definition) is 3. The average Bonchev–Trinajstić information content (AvgIpc) is 2.79. The minimum atomic E-state index is -0.378. The Balaban J connectivity index is 2.27. The molecule has 1 aliphatic rings. The van der Waals surface area contributed by atoms with E-state index in [2.05, 4.69) is 18.3 Å². The monoisotopic (exact) mass is 224 g/mol. The van der Waals surface area contributed by atoms with Crippen LogP contribution in [0.2, 0.25) is 0 Å². The predicted molar refractivity (Wildman–Crippen MR) is 60.6 cm³/mol. The summed E-state index contributed by atoms with van der Waals surface area (Å²) in [6.45, 7) is 3.40. The van der Waals surface area contributed by atoms with Crippen molar-refractivity contribution >= 4 is 5.91 Å². The summed E-state index contributed by atoms with van der Waals surface area (Å²) >= 11 is 0. The van der Waals surface area contributed by atoms with E-state index in [0.29, 0.717) is 19.6 Å². The summed E-state index contributed by atoms with van der Waals surface area (Å²) in [5.74, 6) is 0.159. The molecule has 0 spiro atoms. The smallest absolute Gasteiger partial charge is 0.221 e. The molecule has 16 heavy (non-hydrogen) atoms.